The third-order valence-electron chi connectivity index (χ3n) is 3.51. The molecule has 0 heterocycles. The predicted molar refractivity (Wildman–Crippen MR) is 65.4 cm³/mol. The molecule has 0 fully saturated rings. The average Bonchev–Trinajstić information content (AvgIpc) is 2.13. The number of nitrogens with two attached hydrogens (primary N) is 1. The molecule has 0 rings (SSSR count). The summed E-state index contributed by atoms with van der Waals surface area (Å²) in [7, 11) is 0. The smallest absolute Gasteiger partial charge is 0.241 e. The standard InChI is InChI=1S/C13H25NO/c1-7-12(3,4)10(9-11(14)15)13(5,6)8-2/h9H,7-8H2,1-6H3,(H2,14,15). The third kappa shape index (κ3) is 3.69. The molecule has 0 unspecified atom stereocenters. The first-order valence-corrected chi connectivity index (χ1v) is 5.69. The van der Waals surface area contributed by atoms with Gasteiger partial charge in [0.2, 0.25) is 5.91 Å². The van der Waals surface area contributed by atoms with Gasteiger partial charge in [-0.25, -0.2) is 0 Å². The van der Waals surface area contributed by atoms with Gasteiger partial charge in [0, 0.05) is 6.08 Å². The molecule has 0 aliphatic heterocycles. The average molecular weight is 211 g/mol. The Morgan fingerprint density at radius 1 is 1.07 bits per heavy atom. The van der Waals surface area contributed by atoms with E-state index in [4.69, 9.17) is 5.73 Å². The van der Waals surface area contributed by atoms with Crippen LogP contribution in [0.25, 0.3) is 0 Å². The Bertz CT molecular complexity index is 244. The quantitative estimate of drug-likeness (QED) is 0.697. The van der Waals surface area contributed by atoms with Gasteiger partial charge in [0.1, 0.15) is 0 Å². The predicted octanol–water partition coefficient (Wildman–Crippen LogP) is 3.27. The van der Waals surface area contributed by atoms with Gasteiger partial charge in [-0.05, 0) is 23.7 Å². The van der Waals surface area contributed by atoms with Crippen LogP contribution in [0, 0.1) is 10.8 Å². The Hall–Kier alpha value is -0.790. The lowest BCUT2D eigenvalue weighted by molar-refractivity contribution is -0.113. The van der Waals surface area contributed by atoms with Crippen LogP contribution in [0.2, 0.25) is 0 Å². The second kappa shape index (κ2) is 4.82. The van der Waals surface area contributed by atoms with Crippen molar-refractivity contribution in [2.24, 2.45) is 16.6 Å². The Kier molecular flexibility index (Phi) is 4.57. The van der Waals surface area contributed by atoms with Crippen LogP contribution in [0.4, 0.5) is 0 Å². The molecule has 0 radical (unpaired) electrons. The first kappa shape index (κ1) is 14.2. The fraction of sp³-hybridized carbons (Fsp3) is 0.769. The summed E-state index contributed by atoms with van der Waals surface area (Å²) in [6.07, 6.45) is 3.64. The highest BCUT2D eigenvalue weighted by molar-refractivity contribution is 5.86. The van der Waals surface area contributed by atoms with Crippen LogP contribution in [0.3, 0.4) is 0 Å². The van der Waals surface area contributed by atoms with Crippen molar-refractivity contribution in [3.63, 3.8) is 0 Å². The lowest BCUT2D eigenvalue weighted by Crippen LogP contribution is -2.28. The largest absolute Gasteiger partial charge is 0.366 e. The molecule has 0 aliphatic rings. The maximum atomic E-state index is 11.1. The topological polar surface area (TPSA) is 43.1 Å². The number of allylic oxidation sites excluding steroid dienone is 1. The van der Waals surface area contributed by atoms with E-state index < -0.39 is 0 Å². The van der Waals surface area contributed by atoms with Crippen molar-refractivity contribution in [2.75, 3.05) is 0 Å². The molecule has 0 bridgehead atoms. The zero-order valence-corrected chi connectivity index (χ0v) is 11.0. The molecule has 0 spiro atoms. The van der Waals surface area contributed by atoms with E-state index in [0.29, 0.717) is 0 Å². The molecular weight excluding hydrogens is 186 g/mol. The molecule has 0 saturated heterocycles. The van der Waals surface area contributed by atoms with Crippen molar-refractivity contribution < 1.29 is 4.79 Å². The van der Waals surface area contributed by atoms with Gasteiger partial charge in [-0.3, -0.25) is 4.79 Å². The van der Waals surface area contributed by atoms with Crippen LogP contribution in [-0.4, -0.2) is 5.91 Å². The van der Waals surface area contributed by atoms with Crippen molar-refractivity contribution in [1.82, 2.24) is 0 Å². The number of hydrogen-bond acceptors (Lipinski definition) is 1. The van der Waals surface area contributed by atoms with Crippen molar-refractivity contribution in [3.05, 3.63) is 11.6 Å². The van der Waals surface area contributed by atoms with Gasteiger partial charge in [0.15, 0.2) is 0 Å². The Morgan fingerprint density at radius 3 is 1.60 bits per heavy atom. The van der Waals surface area contributed by atoms with Gasteiger partial charge in [0.05, 0.1) is 0 Å². The lowest BCUT2D eigenvalue weighted by atomic mass is 9.67. The third-order valence-corrected chi connectivity index (χ3v) is 3.51. The number of hydrogen-bond donors (Lipinski definition) is 1. The molecule has 15 heavy (non-hydrogen) atoms. The molecule has 0 aromatic rings. The van der Waals surface area contributed by atoms with Crippen molar-refractivity contribution in [2.45, 2.75) is 54.4 Å². The summed E-state index contributed by atoms with van der Waals surface area (Å²) < 4.78 is 0. The van der Waals surface area contributed by atoms with E-state index in [1.807, 2.05) is 0 Å². The van der Waals surface area contributed by atoms with Gasteiger partial charge in [-0.2, -0.15) is 0 Å². The highest BCUT2D eigenvalue weighted by Crippen LogP contribution is 2.43. The second-order valence-corrected chi connectivity index (χ2v) is 5.44. The van der Waals surface area contributed by atoms with Crippen molar-refractivity contribution in [3.8, 4) is 0 Å². The van der Waals surface area contributed by atoms with Crippen LogP contribution in [0.15, 0.2) is 11.6 Å². The SMILES string of the molecule is CCC(C)(C)C(=CC(N)=O)C(C)(C)CC. The van der Waals surface area contributed by atoms with Crippen LogP contribution in [0.5, 0.6) is 0 Å². The minimum absolute atomic E-state index is 0.0362. The Morgan fingerprint density at radius 2 is 1.40 bits per heavy atom. The highest BCUT2D eigenvalue weighted by atomic mass is 16.1. The van der Waals surface area contributed by atoms with Crippen LogP contribution in [0.1, 0.15) is 54.4 Å². The van der Waals surface area contributed by atoms with E-state index in [0.717, 1.165) is 18.4 Å². The molecule has 0 atom stereocenters. The molecule has 0 aliphatic carbocycles. The summed E-state index contributed by atoms with van der Waals surface area (Å²) in [5.74, 6) is -0.340. The summed E-state index contributed by atoms with van der Waals surface area (Å²) in [6, 6.07) is 0. The van der Waals surface area contributed by atoms with Gasteiger partial charge >= 0.3 is 0 Å². The number of carbonyl (C=O) groups is 1. The van der Waals surface area contributed by atoms with Crippen LogP contribution in [-0.2, 0) is 4.79 Å². The summed E-state index contributed by atoms with van der Waals surface area (Å²) in [5, 5.41) is 0. The molecule has 2 heteroatoms. The fourth-order valence-corrected chi connectivity index (χ4v) is 1.83. The summed E-state index contributed by atoms with van der Waals surface area (Å²) in [6.45, 7) is 12.9. The molecule has 0 saturated carbocycles. The van der Waals surface area contributed by atoms with E-state index in [1.165, 1.54) is 0 Å². The van der Waals surface area contributed by atoms with Gasteiger partial charge in [-0.1, -0.05) is 47.1 Å². The van der Waals surface area contributed by atoms with Gasteiger partial charge < -0.3 is 5.73 Å². The monoisotopic (exact) mass is 211 g/mol. The number of carbonyl (C=O) groups excluding carboxylic acids is 1. The summed E-state index contributed by atoms with van der Waals surface area (Å²) in [5.41, 5.74) is 6.51. The molecular formula is C13H25NO. The number of primary amides is 1. The van der Waals surface area contributed by atoms with Crippen LogP contribution < -0.4 is 5.73 Å². The summed E-state index contributed by atoms with van der Waals surface area (Å²) >= 11 is 0. The lowest BCUT2D eigenvalue weighted by Gasteiger charge is -2.38. The van der Waals surface area contributed by atoms with Crippen LogP contribution >= 0.6 is 0 Å². The zero-order chi connectivity index (χ0) is 12.3. The highest BCUT2D eigenvalue weighted by Gasteiger charge is 2.32. The first-order chi connectivity index (χ1) is 6.67. The normalized spacial score (nSPS) is 12.4. The first-order valence-electron chi connectivity index (χ1n) is 5.69. The van der Waals surface area contributed by atoms with E-state index >= 15 is 0 Å². The van der Waals surface area contributed by atoms with Crippen molar-refractivity contribution >= 4 is 5.91 Å². The van der Waals surface area contributed by atoms with E-state index in [9.17, 15) is 4.79 Å². The van der Waals surface area contributed by atoms with E-state index in [2.05, 4.69) is 41.5 Å². The maximum Gasteiger partial charge on any atom is 0.241 e. The van der Waals surface area contributed by atoms with Crippen molar-refractivity contribution in [1.29, 1.82) is 0 Å². The summed E-state index contributed by atoms with van der Waals surface area (Å²) in [4.78, 5) is 11.1. The van der Waals surface area contributed by atoms with Gasteiger partial charge in [0.25, 0.3) is 0 Å². The molecule has 2 N–H and O–H groups in total. The van der Waals surface area contributed by atoms with E-state index in [-0.39, 0.29) is 16.7 Å². The Labute approximate surface area is 93.9 Å². The maximum absolute atomic E-state index is 11.1. The minimum atomic E-state index is -0.340. The molecule has 0 aromatic heterocycles. The Balaban J connectivity index is 5.36. The molecule has 88 valence electrons. The number of rotatable bonds is 5. The van der Waals surface area contributed by atoms with E-state index in [1.54, 1.807) is 6.08 Å². The molecule has 1 amide bonds. The minimum Gasteiger partial charge on any atom is -0.366 e. The molecule has 2 nitrogen and oxygen atoms in total. The fourth-order valence-electron chi connectivity index (χ4n) is 1.83. The second-order valence-electron chi connectivity index (χ2n) is 5.44. The zero-order valence-electron chi connectivity index (χ0n) is 11.0. The number of amides is 1. The van der Waals surface area contributed by atoms with Gasteiger partial charge in [-0.15, -0.1) is 0 Å². The molecule has 0 aromatic carbocycles.